The van der Waals surface area contributed by atoms with Gasteiger partial charge < -0.3 is 14.8 Å². The minimum atomic E-state index is -0.912. The Morgan fingerprint density at radius 3 is 2.57 bits per heavy atom. The lowest BCUT2D eigenvalue weighted by Crippen LogP contribution is -2.45. The lowest BCUT2D eigenvalue weighted by atomic mass is 10.1. The van der Waals surface area contributed by atoms with Gasteiger partial charge in [-0.2, -0.15) is 5.26 Å². The second-order valence-electron chi connectivity index (χ2n) is 5.49. The quantitative estimate of drug-likeness (QED) is 0.382. The molecule has 0 saturated carbocycles. The SMILES string of the molecule is C=NCC(C[C@H](NC(=O)OC(C)(C)C)C(=O)OCC#N)SSC. The van der Waals surface area contributed by atoms with E-state index >= 15 is 0 Å². The summed E-state index contributed by atoms with van der Waals surface area (Å²) in [5, 5.41) is 11.0. The molecular weight excluding hydrogens is 338 g/mol. The van der Waals surface area contributed by atoms with Gasteiger partial charge in [-0.05, 0) is 40.2 Å². The largest absolute Gasteiger partial charge is 0.449 e. The van der Waals surface area contributed by atoms with Crippen molar-refractivity contribution in [3.05, 3.63) is 0 Å². The third-order valence-corrected chi connectivity index (χ3v) is 4.52. The third-order valence-electron chi connectivity index (χ3n) is 2.32. The monoisotopic (exact) mass is 361 g/mol. The van der Waals surface area contributed by atoms with Gasteiger partial charge in [0.2, 0.25) is 0 Å². The van der Waals surface area contributed by atoms with Crippen LogP contribution in [0.2, 0.25) is 0 Å². The number of carbonyl (C=O) groups excluding carboxylic acids is 2. The smallest absolute Gasteiger partial charge is 0.408 e. The summed E-state index contributed by atoms with van der Waals surface area (Å²) in [7, 11) is 3.06. The van der Waals surface area contributed by atoms with Crippen molar-refractivity contribution in [2.75, 3.05) is 19.4 Å². The molecule has 23 heavy (non-hydrogen) atoms. The molecule has 7 nitrogen and oxygen atoms in total. The van der Waals surface area contributed by atoms with Crippen LogP contribution in [0.15, 0.2) is 4.99 Å². The number of hydrogen-bond donors (Lipinski definition) is 1. The zero-order valence-electron chi connectivity index (χ0n) is 13.8. The highest BCUT2D eigenvalue weighted by atomic mass is 33.1. The summed E-state index contributed by atoms with van der Waals surface area (Å²) in [4.78, 5) is 27.8. The average molecular weight is 361 g/mol. The van der Waals surface area contributed by atoms with Crippen LogP contribution in [0.1, 0.15) is 27.2 Å². The number of ether oxygens (including phenoxy) is 2. The maximum absolute atomic E-state index is 12.0. The molecule has 2 atom stereocenters. The molecular formula is C14H23N3O4S2. The minimum Gasteiger partial charge on any atom is -0.449 e. The van der Waals surface area contributed by atoms with Crippen molar-refractivity contribution in [3.8, 4) is 6.07 Å². The van der Waals surface area contributed by atoms with Crippen LogP contribution in [0, 0.1) is 11.3 Å². The Hall–Kier alpha value is -1.40. The number of aliphatic imine (C=N–C) groups is 1. The Kier molecular flexibility index (Phi) is 10.5. The van der Waals surface area contributed by atoms with Crippen LogP contribution in [0.4, 0.5) is 4.79 Å². The Bertz CT molecular complexity index is 446. The molecule has 0 radical (unpaired) electrons. The predicted molar refractivity (Wildman–Crippen MR) is 93.7 cm³/mol. The zero-order chi connectivity index (χ0) is 17.9. The van der Waals surface area contributed by atoms with E-state index in [2.05, 4.69) is 17.0 Å². The molecule has 0 aromatic rings. The summed E-state index contributed by atoms with van der Waals surface area (Å²) >= 11 is 0. The number of carbonyl (C=O) groups is 2. The van der Waals surface area contributed by atoms with Gasteiger partial charge in [-0.3, -0.25) is 4.99 Å². The van der Waals surface area contributed by atoms with Gasteiger partial charge >= 0.3 is 12.1 Å². The first kappa shape index (κ1) is 21.6. The maximum atomic E-state index is 12.0. The van der Waals surface area contributed by atoms with Gasteiger partial charge in [0.05, 0.1) is 6.54 Å². The number of alkyl carbamates (subject to hydrolysis) is 1. The molecule has 1 amide bonds. The fraction of sp³-hybridized carbons (Fsp3) is 0.714. The van der Waals surface area contributed by atoms with Crippen LogP contribution in [-0.2, 0) is 14.3 Å². The lowest BCUT2D eigenvalue weighted by Gasteiger charge is -2.24. The molecule has 0 bridgehead atoms. The van der Waals surface area contributed by atoms with E-state index in [1.54, 1.807) is 26.8 Å². The van der Waals surface area contributed by atoms with E-state index < -0.39 is 23.7 Å². The van der Waals surface area contributed by atoms with Crippen molar-refractivity contribution in [1.82, 2.24) is 5.32 Å². The summed E-state index contributed by atoms with van der Waals surface area (Å²) in [5.74, 6) is -0.673. The van der Waals surface area contributed by atoms with Crippen LogP contribution in [0.3, 0.4) is 0 Å². The molecule has 9 heteroatoms. The molecule has 1 unspecified atom stereocenters. The first-order valence-corrected chi connectivity index (χ1v) is 9.50. The fourth-order valence-electron chi connectivity index (χ4n) is 1.56. The maximum Gasteiger partial charge on any atom is 0.408 e. The standard InChI is InChI=1S/C14H23N3O4S2/c1-14(2,3)21-13(19)17-11(12(18)20-7-6-15)8-10(9-16-4)23-22-5/h10-11H,4,7-9H2,1-3,5H3,(H,17,19)/t10?,11-/m0/s1. The van der Waals surface area contributed by atoms with Gasteiger partial charge in [-0.1, -0.05) is 21.6 Å². The van der Waals surface area contributed by atoms with E-state index in [4.69, 9.17) is 14.7 Å². The van der Waals surface area contributed by atoms with Crippen LogP contribution < -0.4 is 5.32 Å². The van der Waals surface area contributed by atoms with E-state index in [-0.39, 0.29) is 11.9 Å². The summed E-state index contributed by atoms with van der Waals surface area (Å²) < 4.78 is 9.96. The van der Waals surface area contributed by atoms with E-state index in [1.807, 2.05) is 6.26 Å². The highest BCUT2D eigenvalue weighted by molar-refractivity contribution is 8.76. The first-order valence-electron chi connectivity index (χ1n) is 6.88. The second kappa shape index (κ2) is 11.2. The molecule has 0 fully saturated rings. The molecule has 0 aliphatic rings. The van der Waals surface area contributed by atoms with Crippen molar-refractivity contribution < 1.29 is 19.1 Å². The summed E-state index contributed by atoms with van der Waals surface area (Å²) in [5.41, 5.74) is -0.679. The van der Waals surface area contributed by atoms with E-state index in [0.29, 0.717) is 13.0 Å². The number of rotatable bonds is 9. The summed E-state index contributed by atoms with van der Waals surface area (Å²) in [6, 6.07) is 0.811. The predicted octanol–water partition coefficient (Wildman–Crippen LogP) is 2.42. The zero-order valence-corrected chi connectivity index (χ0v) is 15.5. The molecule has 0 heterocycles. The average Bonchev–Trinajstić information content (AvgIpc) is 2.42. The number of nitrogens with one attached hydrogen (secondary N) is 1. The highest BCUT2D eigenvalue weighted by Crippen LogP contribution is 2.27. The molecule has 130 valence electrons. The molecule has 0 saturated heterocycles. The van der Waals surface area contributed by atoms with Gasteiger partial charge in [-0.15, -0.1) is 0 Å². The normalized spacial score (nSPS) is 13.3. The van der Waals surface area contributed by atoms with Crippen molar-refractivity contribution in [2.24, 2.45) is 4.99 Å². The molecule has 0 aromatic carbocycles. The molecule has 0 aliphatic heterocycles. The van der Waals surface area contributed by atoms with Crippen LogP contribution in [0.5, 0.6) is 0 Å². The lowest BCUT2D eigenvalue weighted by molar-refractivity contribution is -0.144. The van der Waals surface area contributed by atoms with Crippen molar-refractivity contribution in [1.29, 1.82) is 5.26 Å². The Morgan fingerprint density at radius 2 is 2.09 bits per heavy atom. The van der Waals surface area contributed by atoms with Crippen LogP contribution >= 0.6 is 21.6 Å². The Labute approximate surface area is 145 Å². The van der Waals surface area contributed by atoms with Crippen LogP contribution in [-0.4, -0.2) is 55.1 Å². The highest BCUT2D eigenvalue weighted by Gasteiger charge is 2.28. The fourth-order valence-corrected chi connectivity index (χ4v) is 3.50. The molecule has 0 aromatic heterocycles. The van der Waals surface area contributed by atoms with Crippen molar-refractivity contribution in [2.45, 2.75) is 44.1 Å². The first-order chi connectivity index (χ1) is 10.7. The third kappa shape index (κ3) is 10.9. The van der Waals surface area contributed by atoms with Crippen molar-refractivity contribution in [3.63, 3.8) is 0 Å². The van der Waals surface area contributed by atoms with Gasteiger partial charge in [0.15, 0.2) is 6.61 Å². The van der Waals surface area contributed by atoms with E-state index in [0.717, 1.165) is 0 Å². The summed E-state index contributed by atoms with van der Waals surface area (Å²) in [6.07, 6.45) is 1.50. The molecule has 1 N–H and O–H groups in total. The van der Waals surface area contributed by atoms with E-state index in [1.165, 1.54) is 21.6 Å². The van der Waals surface area contributed by atoms with Crippen LogP contribution in [0.25, 0.3) is 0 Å². The number of amides is 1. The van der Waals surface area contributed by atoms with E-state index in [9.17, 15) is 9.59 Å². The molecule has 0 spiro atoms. The van der Waals surface area contributed by atoms with Gasteiger partial charge in [0.1, 0.15) is 17.7 Å². The van der Waals surface area contributed by atoms with Gasteiger partial charge in [0, 0.05) is 5.25 Å². The summed E-state index contributed by atoms with van der Waals surface area (Å²) in [6.45, 7) is 8.69. The molecule has 0 rings (SSSR count). The van der Waals surface area contributed by atoms with Gasteiger partial charge in [-0.25, -0.2) is 9.59 Å². The topological polar surface area (TPSA) is 101 Å². The van der Waals surface area contributed by atoms with Crippen molar-refractivity contribution >= 4 is 40.4 Å². The molecule has 0 aliphatic carbocycles. The second-order valence-corrected chi connectivity index (χ2v) is 8.26. The number of hydrogen-bond acceptors (Lipinski definition) is 8. The number of esters is 1. The Balaban J connectivity index is 4.92. The number of nitriles is 1. The Morgan fingerprint density at radius 1 is 1.43 bits per heavy atom. The minimum absolute atomic E-state index is 0.0305. The van der Waals surface area contributed by atoms with Gasteiger partial charge in [0.25, 0.3) is 0 Å². The number of nitrogens with zero attached hydrogens (tertiary/aromatic N) is 2.